The van der Waals surface area contributed by atoms with E-state index >= 15 is 0 Å². The van der Waals surface area contributed by atoms with Crippen LogP contribution in [0, 0.1) is 0 Å². The third-order valence-electron chi connectivity index (χ3n) is 6.55. The molecular formula is C29H39Cl2N3O6. The second kappa shape index (κ2) is 15.5. The predicted octanol–water partition coefficient (Wildman–Crippen LogP) is 4.50. The first kappa shape index (κ1) is 32.0. The second-order valence-electron chi connectivity index (χ2n) is 9.96. The lowest BCUT2D eigenvalue weighted by Crippen LogP contribution is -2.39. The summed E-state index contributed by atoms with van der Waals surface area (Å²) in [5.74, 6) is 0.620. The maximum Gasteiger partial charge on any atom is 0.408 e. The standard InChI is InChI=1S/C26H32ClN3O6.C3H7Cl/c27-18-3-6-23-22(15-18)21-7-9-30(26(34)35)25(24(21)28-23)17-1-4-20(5-2-17)36-14-8-19(33)16-29(10-12-31)11-13-32;1-3(2)4/h1-6,15,19,25,28,31-33H,7-14,16H2,(H,34,35);3H,1-2H3. The topological polar surface area (TPSA) is 129 Å². The van der Waals surface area contributed by atoms with Gasteiger partial charge in [-0.2, -0.15) is 0 Å². The maximum absolute atomic E-state index is 12.1. The van der Waals surface area contributed by atoms with Gasteiger partial charge in [-0.1, -0.05) is 23.7 Å². The Labute approximate surface area is 244 Å². The number of carboxylic acid groups (broad SMARTS) is 1. The summed E-state index contributed by atoms with van der Waals surface area (Å²) in [6.45, 7) is 5.58. The molecule has 1 aliphatic rings. The van der Waals surface area contributed by atoms with Crippen LogP contribution in [-0.4, -0.2) is 98.8 Å². The van der Waals surface area contributed by atoms with Crippen LogP contribution in [0.1, 0.15) is 43.1 Å². The molecule has 0 fully saturated rings. The van der Waals surface area contributed by atoms with Crippen LogP contribution in [0.2, 0.25) is 5.02 Å². The molecule has 0 saturated carbocycles. The number of aromatic nitrogens is 1. The summed E-state index contributed by atoms with van der Waals surface area (Å²) >= 11 is 11.5. The molecule has 1 aromatic heterocycles. The van der Waals surface area contributed by atoms with Crippen LogP contribution in [0.3, 0.4) is 0 Å². The Balaban J connectivity index is 0.00000103. The molecule has 0 aliphatic carbocycles. The van der Waals surface area contributed by atoms with E-state index in [0.717, 1.165) is 27.7 Å². The van der Waals surface area contributed by atoms with Crippen molar-refractivity contribution in [2.75, 3.05) is 46.0 Å². The van der Waals surface area contributed by atoms with E-state index in [9.17, 15) is 15.0 Å². The number of nitrogens with one attached hydrogen (secondary N) is 1. The van der Waals surface area contributed by atoms with E-state index in [0.29, 0.717) is 61.8 Å². The molecule has 2 atom stereocenters. The number of H-pyrrole nitrogens is 1. The van der Waals surface area contributed by atoms with Crippen LogP contribution in [0.5, 0.6) is 5.75 Å². The number of aromatic amines is 1. The van der Waals surface area contributed by atoms with E-state index in [1.165, 1.54) is 4.90 Å². The Kier molecular flexibility index (Phi) is 12.4. The number of aliphatic hydroxyl groups excluding tert-OH is 3. The van der Waals surface area contributed by atoms with E-state index in [1.54, 1.807) is 17.0 Å². The van der Waals surface area contributed by atoms with Gasteiger partial charge >= 0.3 is 6.09 Å². The molecule has 0 saturated heterocycles. The van der Waals surface area contributed by atoms with Crippen molar-refractivity contribution in [2.45, 2.75) is 44.2 Å². The number of carbonyl (C=O) groups is 1. The molecule has 1 amide bonds. The fraction of sp³-hybridized carbons (Fsp3) is 0.483. The minimum atomic E-state index is -0.979. The monoisotopic (exact) mass is 595 g/mol. The zero-order valence-electron chi connectivity index (χ0n) is 22.9. The minimum absolute atomic E-state index is 0.0381. The van der Waals surface area contributed by atoms with Gasteiger partial charge in [0.15, 0.2) is 0 Å². The van der Waals surface area contributed by atoms with Crippen LogP contribution < -0.4 is 4.74 Å². The summed E-state index contributed by atoms with van der Waals surface area (Å²) in [7, 11) is 0. The Morgan fingerprint density at radius 1 is 1.15 bits per heavy atom. The van der Waals surface area contributed by atoms with Crippen molar-refractivity contribution >= 4 is 40.2 Å². The van der Waals surface area contributed by atoms with Crippen LogP contribution >= 0.6 is 23.2 Å². The number of nitrogens with zero attached hydrogens (tertiary/aromatic N) is 2. The van der Waals surface area contributed by atoms with E-state index in [2.05, 4.69) is 4.98 Å². The summed E-state index contributed by atoms with van der Waals surface area (Å²) in [5.41, 5.74) is 3.69. The average Bonchev–Trinajstić information content (AvgIpc) is 3.26. The van der Waals surface area contributed by atoms with Crippen molar-refractivity contribution in [2.24, 2.45) is 0 Å². The first-order valence-electron chi connectivity index (χ1n) is 13.4. The SMILES string of the molecule is CC(C)Cl.O=C(O)N1CCc2c([nH]c3ccc(Cl)cc23)C1c1ccc(OCCC(O)CN(CCO)CCO)cc1. The van der Waals surface area contributed by atoms with Crippen LogP contribution in [0.25, 0.3) is 10.9 Å². The molecule has 2 aromatic carbocycles. The Hall–Kier alpha value is -2.53. The number of amides is 1. The lowest BCUT2D eigenvalue weighted by atomic mass is 9.92. The molecule has 11 heteroatoms. The molecule has 4 rings (SSSR count). The lowest BCUT2D eigenvalue weighted by Gasteiger charge is -2.34. The number of halogens is 2. The molecule has 5 N–H and O–H groups in total. The lowest BCUT2D eigenvalue weighted by molar-refractivity contribution is 0.0731. The van der Waals surface area contributed by atoms with E-state index in [-0.39, 0.29) is 13.2 Å². The van der Waals surface area contributed by atoms with Gasteiger partial charge in [0.25, 0.3) is 0 Å². The second-order valence-corrected chi connectivity index (χ2v) is 11.3. The van der Waals surface area contributed by atoms with Gasteiger partial charge < -0.3 is 30.1 Å². The number of benzene rings is 2. The molecule has 0 radical (unpaired) electrons. The smallest absolute Gasteiger partial charge is 0.408 e. The predicted molar refractivity (Wildman–Crippen MR) is 158 cm³/mol. The summed E-state index contributed by atoms with van der Waals surface area (Å²) in [4.78, 5) is 18.7. The van der Waals surface area contributed by atoms with Gasteiger partial charge in [-0.15, -0.1) is 11.6 Å². The first-order valence-corrected chi connectivity index (χ1v) is 14.2. The third-order valence-corrected chi connectivity index (χ3v) is 6.79. The van der Waals surface area contributed by atoms with Crippen molar-refractivity contribution in [1.82, 2.24) is 14.8 Å². The average molecular weight is 597 g/mol. The largest absolute Gasteiger partial charge is 0.493 e. The Morgan fingerprint density at radius 3 is 2.40 bits per heavy atom. The zero-order valence-corrected chi connectivity index (χ0v) is 24.4. The van der Waals surface area contributed by atoms with Gasteiger partial charge in [0, 0.05) is 59.6 Å². The maximum atomic E-state index is 12.1. The highest BCUT2D eigenvalue weighted by Gasteiger charge is 2.34. The Bertz CT molecular complexity index is 1210. The van der Waals surface area contributed by atoms with Gasteiger partial charge in [-0.3, -0.25) is 9.80 Å². The summed E-state index contributed by atoms with van der Waals surface area (Å²) in [5, 5.41) is 40.3. The number of aliphatic hydroxyl groups is 3. The van der Waals surface area contributed by atoms with Gasteiger partial charge in [-0.25, -0.2) is 4.79 Å². The van der Waals surface area contributed by atoms with Crippen LogP contribution in [0.4, 0.5) is 4.79 Å². The molecule has 2 unspecified atom stereocenters. The summed E-state index contributed by atoms with van der Waals surface area (Å²) in [6.07, 6.45) is -0.627. The number of ether oxygens (including phenoxy) is 1. The fourth-order valence-corrected chi connectivity index (χ4v) is 5.01. The Morgan fingerprint density at radius 2 is 1.80 bits per heavy atom. The van der Waals surface area contributed by atoms with Crippen molar-refractivity contribution in [3.05, 3.63) is 64.3 Å². The number of alkyl halides is 1. The van der Waals surface area contributed by atoms with Crippen molar-refractivity contribution in [1.29, 1.82) is 0 Å². The first-order chi connectivity index (χ1) is 19.1. The molecule has 3 aromatic rings. The number of fused-ring (bicyclic) bond motifs is 3. The highest BCUT2D eigenvalue weighted by atomic mass is 35.5. The van der Waals surface area contributed by atoms with Crippen LogP contribution in [0.15, 0.2) is 42.5 Å². The molecule has 2 heterocycles. The van der Waals surface area contributed by atoms with Gasteiger partial charge in [0.2, 0.25) is 0 Å². The van der Waals surface area contributed by atoms with E-state index < -0.39 is 18.2 Å². The highest BCUT2D eigenvalue weighted by Crippen LogP contribution is 2.39. The summed E-state index contributed by atoms with van der Waals surface area (Å²) < 4.78 is 5.80. The number of hydrogen-bond acceptors (Lipinski definition) is 6. The molecule has 9 nitrogen and oxygen atoms in total. The number of rotatable bonds is 11. The minimum Gasteiger partial charge on any atom is -0.493 e. The third kappa shape index (κ3) is 8.73. The quantitative estimate of drug-likeness (QED) is 0.206. The molecule has 0 spiro atoms. The highest BCUT2D eigenvalue weighted by molar-refractivity contribution is 6.31. The van der Waals surface area contributed by atoms with Gasteiger partial charge in [0.1, 0.15) is 11.8 Å². The van der Waals surface area contributed by atoms with Crippen molar-refractivity contribution in [3.63, 3.8) is 0 Å². The van der Waals surface area contributed by atoms with Gasteiger partial charge in [-0.05, 0) is 61.7 Å². The fourth-order valence-electron chi connectivity index (χ4n) is 4.84. The molecule has 220 valence electrons. The van der Waals surface area contributed by atoms with Crippen molar-refractivity contribution < 1.29 is 30.0 Å². The van der Waals surface area contributed by atoms with E-state index in [1.807, 2.05) is 44.2 Å². The van der Waals surface area contributed by atoms with Crippen molar-refractivity contribution in [3.8, 4) is 5.75 Å². The van der Waals surface area contributed by atoms with E-state index in [4.69, 9.17) is 38.2 Å². The molecular weight excluding hydrogens is 557 g/mol. The zero-order chi connectivity index (χ0) is 29.2. The normalized spacial score (nSPS) is 15.6. The molecule has 1 aliphatic heterocycles. The summed E-state index contributed by atoms with van der Waals surface area (Å²) in [6, 6.07) is 12.5. The van der Waals surface area contributed by atoms with Gasteiger partial charge in [0.05, 0.1) is 25.9 Å². The number of hydrogen-bond donors (Lipinski definition) is 5. The van der Waals surface area contributed by atoms with Crippen LogP contribution in [-0.2, 0) is 6.42 Å². The molecule has 0 bridgehead atoms. The molecule has 40 heavy (non-hydrogen) atoms.